The third-order valence-corrected chi connectivity index (χ3v) is 4.19. The van der Waals surface area contributed by atoms with Crippen LogP contribution in [-0.4, -0.2) is 10.9 Å². The monoisotopic (exact) mass is 346 g/mol. The van der Waals surface area contributed by atoms with Gasteiger partial charge in [0.25, 0.3) is 0 Å². The van der Waals surface area contributed by atoms with Crippen molar-refractivity contribution in [3.63, 3.8) is 0 Å². The molecule has 0 bridgehead atoms. The summed E-state index contributed by atoms with van der Waals surface area (Å²) < 4.78 is 5.91. The molecule has 3 rings (SSSR count). The van der Waals surface area contributed by atoms with Gasteiger partial charge in [-0.05, 0) is 37.1 Å². The van der Waals surface area contributed by atoms with Gasteiger partial charge in [0, 0.05) is 0 Å². The molecule has 3 heteroatoms. The summed E-state index contributed by atoms with van der Waals surface area (Å²) >= 11 is 0. The standard InChI is InChI=1S/C23H22O3/c1-16-12-17(2)14-18(13-16)15-26-21-11-7-6-10-20(21)23(25)22(24)19-8-4-3-5-9-19/h3-14,22,24H,15H2,1-2H3. The average molecular weight is 346 g/mol. The number of carbonyl (C=O) groups is 1. The van der Waals surface area contributed by atoms with E-state index >= 15 is 0 Å². The number of benzene rings is 3. The van der Waals surface area contributed by atoms with E-state index in [1.165, 1.54) is 11.1 Å². The first-order valence-corrected chi connectivity index (χ1v) is 8.61. The van der Waals surface area contributed by atoms with Gasteiger partial charge in [-0.2, -0.15) is 0 Å². The van der Waals surface area contributed by atoms with Crippen molar-refractivity contribution < 1.29 is 14.6 Å². The van der Waals surface area contributed by atoms with Crippen LogP contribution in [0.1, 0.15) is 38.7 Å². The molecule has 0 saturated heterocycles. The number of rotatable bonds is 6. The Morgan fingerprint density at radius 3 is 2.23 bits per heavy atom. The quantitative estimate of drug-likeness (QED) is 0.652. The molecule has 0 aromatic heterocycles. The lowest BCUT2D eigenvalue weighted by atomic mass is 9.99. The van der Waals surface area contributed by atoms with Crippen LogP contribution < -0.4 is 4.74 Å². The zero-order valence-corrected chi connectivity index (χ0v) is 15.0. The summed E-state index contributed by atoms with van der Waals surface area (Å²) in [4.78, 5) is 12.8. The maximum atomic E-state index is 12.8. The average Bonchev–Trinajstić information content (AvgIpc) is 2.65. The molecule has 0 radical (unpaired) electrons. The van der Waals surface area contributed by atoms with E-state index < -0.39 is 6.10 Å². The number of aliphatic hydroxyl groups excluding tert-OH is 1. The minimum atomic E-state index is -1.21. The first-order valence-electron chi connectivity index (χ1n) is 8.61. The Labute approximate surface area is 153 Å². The lowest BCUT2D eigenvalue weighted by molar-refractivity contribution is 0.0743. The number of carbonyl (C=O) groups excluding carboxylic acids is 1. The van der Waals surface area contributed by atoms with Crippen molar-refractivity contribution in [3.05, 3.63) is 101 Å². The Kier molecular flexibility index (Phi) is 5.49. The van der Waals surface area contributed by atoms with Crippen LogP contribution in [0.3, 0.4) is 0 Å². The molecule has 1 unspecified atom stereocenters. The summed E-state index contributed by atoms with van der Waals surface area (Å²) in [5.74, 6) is 0.110. The summed E-state index contributed by atoms with van der Waals surface area (Å²) in [6, 6.07) is 22.2. The third-order valence-electron chi connectivity index (χ3n) is 4.19. The molecule has 0 spiro atoms. The molecule has 3 aromatic carbocycles. The number of ketones is 1. The van der Waals surface area contributed by atoms with Crippen LogP contribution >= 0.6 is 0 Å². The van der Waals surface area contributed by atoms with Crippen LogP contribution in [0.15, 0.2) is 72.8 Å². The SMILES string of the molecule is Cc1cc(C)cc(COc2ccccc2C(=O)C(O)c2ccccc2)c1. The molecular formula is C23H22O3. The zero-order valence-electron chi connectivity index (χ0n) is 15.0. The Morgan fingerprint density at radius 2 is 1.54 bits per heavy atom. The minimum absolute atomic E-state index is 0.368. The molecule has 1 atom stereocenters. The van der Waals surface area contributed by atoms with Crippen molar-refractivity contribution in [1.82, 2.24) is 0 Å². The Bertz CT molecular complexity index is 880. The van der Waals surface area contributed by atoms with E-state index in [-0.39, 0.29) is 5.78 Å². The molecule has 3 nitrogen and oxygen atoms in total. The summed E-state index contributed by atoms with van der Waals surface area (Å²) in [5, 5.41) is 10.4. The lowest BCUT2D eigenvalue weighted by Crippen LogP contribution is -2.13. The van der Waals surface area contributed by atoms with E-state index in [1.807, 2.05) is 26.0 Å². The molecule has 3 aromatic rings. The molecule has 0 aliphatic carbocycles. The van der Waals surface area contributed by atoms with Crippen molar-refractivity contribution in [2.75, 3.05) is 0 Å². The van der Waals surface area contributed by atoms with E-state index in [0.717, 1.165) is 5.56 Å². The van der Waals surface area contributed by atoms with Gasteiger partial charge >= 0.3 is 0 Å². The first kappa shape index (κ1) is 17.9. The van der Waals surface area contributed by atoms with E-state index in [4.69, 9.17) is 4.74 Å². The highest BCUT2D eigenvalue weighted by Gasteiger charge is 2.22. The molecule has 26 heavy (non-hydrogen) atoms. The van der Waals surface area contributed by atoms with E-state index in [9.17, 15) is 9.90 Å². The topological polar surface area (TPSA) is 46.5 Å². The number of aliphatic hydroxyl groups is 1. The lowest BCUT2D eigenvalue weighted by Gasteiger charge is -2.14. The van der Waals surface area contributed by atoms with Crippen molar-refractivity contribution >= 4 is 5.78 Å². The molecule has 0 aliphatic heterocycles. The number of aryl methyl sites for hydroxylation is 2. The Morgan fingerprint density at radius 1 is 0.923 bits per heavy atom. The van der Waals surface area contributed by atoms with Gasteiger partial charge < -0.3 is 9.84 Å². The number of hydrogen-bond donors (Lipinski definition) is 1. The molecule has 0 heterocycles. The summed E-state index contributed by atoms with van der Waals surface area (Å²) in [6.07, 6.45) is -1.21. The summed E-state index contributed by atoms with van der Waals surface area (Å²) in [7, 11) is 0. The molecule has 0 fully saturated rings. The molecule has 0 aliphatic rings. The maximum absolute atomic E-state index is 12.8. The predicted octanol–water partition coefficient (Wildman–Crippen LogP) is 4.80. The summed E-state index contributed by atoms with van der Waals surface area (Å²) in [6.45, 7) is 4.46. The second-order valence-corrected chi connectivity index (χ2v) is 6.46. The second kappa shape index (κ2) is 7.98. The number of hydrogen-bond acceptors (Lipinski definition) is 3. The van der Waals surface area contributed by atoms with Crippen molar-refractivity contribution in [1.29, 1.82) is 0 Å². The molecule has 0 saturated carbocycles. The fourth-order valence-corrected chi connectivity index (χ4v) is 3.04. The van der Waals surface area contributed by atoms with Crippen molar-refractivity contribution in [3.8, 4) is 5.75 Å². The zero-order chi connectivity index (χ0) is 18.5. The van der Waals surface area contributed by atoms with E-state index in [0.29, 0.717) is 23.5 Å². The van der Waals surface area contributed by atoms with Gasteiger partial charge in [0.2, 0.25) is 0 Å². The second-order valence-electron chi connectivity index (χ2n) is 6.46. The van der Waals surface area contributed by atoms with Crippen LogP contribution in [-0.2, 0) is 6.61 Å². The minimum Gasteiger partial charge on any atom is -0.488 e. The van der Waals surface area contributed by atoms with Gasteiger partial charge in [-0.3, -0.25) is 4.79 Å². The number of ether oxygens (including phenoxy) is 1. The maximum Gasteiger partial charge on any atom is 0.199 e. The largest absolute Gasteiger partial charge is 0.488 e. The van der Waals surface area contributed by atoms with Crippen LogP contribution in [0.25, 0.3) is 0 Å². The Hall–Kier alpha value is -2.91. The van der Waals surface area contributed by atoms with Crippen molar-refractivity contribution in [2.45, 2.75) is 26.6 Å². The smallest absolute Gasteiger partial charge is 0.199 e. The van der Waals surface area contributed by atoms with Gasteiger partial charge in [0.05, 0.1) is 5.56 Å². The van der Waals surface area contributed by atoms with Crippen LogP contribution in [0.4, 0.5) is 0 Å². The number of para-hydroxylation sites is 1. The van der Waals surface area contributed by atoms with Gasteiger partial charge in [0.15, 0.2) is 5.78 Å². The molecule has 0 amide bonds. The molecule has 1 N–H and O–H groups in total. The predicted molar refractivity (Wildman–Crippen MR) is 102 cm³/mol. The first-order chi connectivity index (χ1) is 12.5. The van der Waals surface area contributed by atoms with E-state index in [2.05, 4.69) is 18.2 Å². The highest BCUT2D eigenvalue weighted by atomic mass is 16.5. The Balaban J connectivity index is 1.80. The van der Waals surface area contributed by atoms with Gasteiger partial charge in [-0.1, -0.05) is 71.8 Å². The van der Waals surface area contributed by atoms with Crippen LogP contribution in [0.2, 0.25) is 0 Å². The van der Waals surface area contributed by atoms with Gasteiger partial charge in [-0.25, -0.2) is 0 Å². The normalized spacial score (nSPS) is 11.8. The summed E-state index contributed by atoms with van der Waals surface area (Å²) in [5.41, 5.74) is 4.35. The third kappa shape index (κ3) is 4.19. The fraction of sp³-hybridized carbons (Fsp3) is 0.174. The van der Waals surface area contributed by atoms with Crippen LogP contribution in [0.5, 0.6) is 5.75 Å². The highest BCUT2D eigenvalue weighted by molar-refractivity contribution is 6.02. The van der Waals surface area contributed by atoms with Gasteiger partial charge in [0.1, 0.15) is 18.5 Å². The van der Waals surface area contributed by atoms with E-state index in [1.54, 1.807) is 42.5 Å². The number of Topliss-reactive ketones (excluding diaryl/α,β-unsaturated/α-hetero) is 1. The molecule has 132 valence electrons. The fourth-order valence-electron chi connectivity index (χ4n) is 3.04. The van der Waals surface area contributed by atoms with Crippen molar-refractivity contribution in [2.24, 2.45) is 0 Å². The van der Waals surface area contributed by atoms with Crippen LogP contribution in [0, 0.1) is 13.8 Å². The van der Waals surface area contributed by atoms with Gasteiger partial charge in [-0.15, -0.1) is 0 Å². The molecular weight excluding hydrogens is 324 g/mol. The highest BCUT2D eigenvalue weighted by Crippen LogP contribution is 2.26.